The number of ether oxygens (including phenoxy) is 1. The second-order valence-corrected chi connectivity index (χ2v) is 4.96. The maximum Gasteiger partial charge on any atom is 0.257 e. The average Bonchev–Trinajstić information content (AvgIpc) is 2.34. The SMILES string of the molecule is CC(C)CNC(=O)COc1ccc(F)cc1[C@H](C)N. The Bertz CT molecular complexity index is 433. The van der Waals surface area contributed by atoms with Gasteiger partial charge in [0, 0.05) is 18.2 Å². The number of rotatable bonds is 6. The number of carbonyl (C=O) groups excluding carboxylic acids is 1. The van der Waals surface area contributed by atoms with Crippen molar-refractivity contribution in [2.24, 2.45) is 11.7 Å². The van der Waals surface area contributed by atoms with Crippen molar-refractivity contribution in [3.63, 3.8) is 0 Å². The van der Waals surface area contributed by atoms with E-state index in [0.29, 0.717) is 23.8 Å². The largest absolute Gasteiger partial charge is 0.483 e. The molecule has 1 aromatic carbocycles. The molecule has 1 atom stereocenters. The molecule has 106 valence electrons. The molecule has 1 aromatic rings. The Hall–Kier alpha value is -1.62. The van der Waals surface area contributed by atoms with Crippen molar-refractivity contribution < 1.29 is 13.9 Å². The molecule has 1 rings (SSSR count). The van der Waals surface area contributed by atoms with E-state index < -0.39 is 0 Å². The number of halogens is 1. The summed E-state index contributed by atoms with van der Waals surface area (Å²) in [5.41, 5.74) is 6.29. The highest BCUT2D eigenvalue weighted by atomic mass is 19.1. The lowest BCUT2D eigenvalue weighted by atomic mass is 10.1. The fraction of sp³-hybridized carbons (Fsp3) is 0.500. The fourth-order valence-corrected chi connectivity index (χ4v) is 1.52. The second-order valence-electron chi connectivity index (χ2n) is 4.96. The van der Waals surface area contributed by atoms with Crippen LogP contribution in [0.15, 0.2) is 18.2 Å². The molecule has 0 fully saturated rings. The Balaban J connectivity index is 2.60. The third-order valence-corrected chi connectivity index (χ3v) is 2.53. The summed E-state index contributed by atoms with van der Waals surface area (Å²) in [4.78, 5) is 11.5. The summed E-state index contributed by atoms with van der Waals surface area (Å²) in [6, 6.07) is 3.74. The third kappa shape index (κ3) is 5.26. The minimum absolute atomic E-state index is 0.0991. The zero-order valence-corrected chi connectivity index (χ0v) is 11.6. The molecule has 0 saturated carbocycles. The first-order valence-corrected chi connectivity index (χ1v) is 6.34. The minimum Gasteiger partial charge on any atom is -0.483 e. The van der Waals surface area contributed by atoms with Gasteiger partial charge in [0.2, 0.25) is 0 Å². The third-order valence-electron chi connectivity index (χ3n) is 2.53. The van der Waals surface area contributed by atoms with Crippen molar-refractivity contribution in [1.82, 2.24) is 5.32 Å². The predicted octanol–water partition coefficient (Wildman–Crippen LogP) is 2.00. The van der Waals surface area contributed by atoms with Crippen LogP contribution in [-0.4, -0.2) is 19.1 Å². The van der Waals surface area contributed by atoms with Gasteiger partial charge in [0.15, 0.2) is 6.61 Å². The van der Waals surface area contributed by atoms with Crippen LogP contribution >= 0.6 is 0 Å². The number of nitrogens with one attached hydrogen (secondary N) is 1. The molecule has 0 spiro atoms. The number of hydrogen-bond donors (Lipinski definition) is 2. The van der Waals surface area contributed by atoms with E-state index in [1.54, 1.807) is 6.92 Å². The van der Waals surface area contributed by atoms with Gasteiger partial charge in [0.1, 0.15) is 11.6 Å². The quantitative estimate of drug-likeness (QED) is 0.829. The second kappa shape index (κ2) is 7.09. The summed E-state index contributed by atoms with van der Waals surface area (Å²) in [7, 11) is 0. The van der Waals surface area contributed by atoms with E-state index in [1.807, 2.05) is 13.8 Å². The number of nitrogens with two attached hydrogens (primary N) is 1. The van der Waals surface area contributed by atoms with Crippen molar-refractivity contribution in [2.75, 3.05) is 13.2 Å². The lowest BCUT2D eigenvalue weighted by Crippen LogP contribution is -2.32. The van der Waals surface area contributed by atoms with Gasteiger partial charge in [0.25, 0.3) is 5.91 Å². The van der Waals surface area contributed by atoms with Gasteiger partial charge in [-0.25, -0.2) is 4.39 Å². The predicted molar refractivity (Wildman–Crippen MR) is 72.3 cm³/mol. The molecule has 19 heavy (non-hydrogen) atoms. The van der Waals surface area contributed by atoms with Gasteiger partial charge in [0.05, 0.1) is 0 Å². The van der Waals surface area contributed by atoms with Crippen molar-refractivity contribution in [3.8, 4) is 5.75 Å². The molecule has 4 nitrogen and oxygen atoms in total. The Kier molecular flexibility index (Phi) is 5.76. The fourth-order valence-electron chi connectivity index (χ4n) is 1.52. The van der Waals surface area contributed by atoms with E-state index in [2.05, 4.69) is 5.32 Å². The summed E-state index contributed by atoms with van der Waals surface area (Å²) in [5, 5.41) is 2.74. The molecule has 3 N–H and O–H groups in total. The lowest BCUT2D eigenvalue weighted by molar-refractivity contribution is -0.123. The van der Waals surface area contributed by atoms with Crippen LogP contribution in [0.5, 0.6) is 5.75 Å². The maximum atomic E-state index is 13.1. The monoisotopic (exact) mass is 268 g/mol. The Morgan fingerprint density at radius 3 is 2.68 bits per heavy atom. The number of hydrogen-bond acceptors (Lipinski definition) is 3. The van der Waals surface area contributed by atoms with Crippen molar-refractivity contribution >= 4 is 5.91 Å². The van der Waals surface area contributed by atoms with E-state index in [0.717, 1.165) is 0 Å². The summed E-state index contributed by atoms with van der Waals surface area (Å²) in [5.74, 6) is 0.253. The first kappa shape index (κ1) is 15.4. The highest BCUT2D eigenvalue weighted by Crippen LogP contribution is 2.24. The Morgan fingerprint density at radius 1 is 1.42 bits per heavy atom. The standard InChI is InChI=1S/C14H21FN2O2/c1-9(2)7-17-14(18)8-19-13-5-4-11(15)6-12(13)10(3)16/h4-6,9-10H,7-8,16H2,1-3H3,(H,17,18)/t10-/m0/s1. The van der Waals surface area contributed by atoms with E-state index in [9.17, 15) is 9.18 Å². The molecule has 0 saturated heterocycles. The molecule has 0 bridgehead atoms. The van der Waals surface area contributed by atoms with Crippen LogP contribution < -0.4 is 15.8 Å². The topological polar surface area (TPSA) is 64.3 Å². The summed E-state index contributed by atoms with van der Waals surface area (Å²) >= 11 is 0. The summed E-state index contributed by atoms with van der Waals surface area (Å²) in [6.07, 6.45) is 0. The van der Waals surface area contributed by atoms with Gasteiger partial charge in [-0.05, 0) is 31.0 Å². The molecule has 0 aliphatic heterocycles. The first-order valence-electron chi connectivity index (χ1n) is 6.34. The van der Waals surface area contributed by atoms with Gasteiger partial charge >= 0.3 is 0 Å². The molecule has 0 aromatic heterocycles. The molecular formula is C14H21FN2O2. The van der Waals surface area contributed by atoms with E-state index in [-0.39, 0.29) is 24.4 Å². The lowest BCUT2D eigenvalue weighted by Gasteiger charge is -2.14. The molecule has 1 amide bonds. The van der Waals surface area contributed by atoms with Crippen LogP contribution in [-0.2, 0) is 4.79 Å². The van der Waals surface area contributed by atoms with Gasteiger partial charge in [-0.1, -0.05) is 13.8 Å². The van der Waals surface area contributed by atoms with Crippen molar-refractivity contribution in [1.29, 1.82) is 0 Å². The van der Waals surface area contributed by atoms with Gasteiger partial charge in [-0.3, -0.25) is 4.79 Å². The normalized spacial score (nSPS) is 12.3. The van der Waals surface area contributed by atoms with E-state index in [1.165, 1.54) is 18.2 Å². The van der Waals surface area contributed by atoms with Crippen LogP contribution in [0.3, 0.4) is 0 Å². The molecular weight excluding hydrogens is 247 g/mol. The smallest absolute Gasteiger partial charge is 0.257 e. The Morgan fingerprint density at radius 2 is 2.11 bits per heavy atom. The average molecular weight is 268 g/mol. The highest BCUT2D eigenvalue weighted by molar-refractivity contribution is 5.77. The minimum atomic E-state index is -0.371. The highest BCUT2D eigenvalue weighted by Gasteiger charge is 2.11. The zero-order chi connectivity index (χ0) is 14.4. The van der Waals surface area contributed by atoms with Gasteiger partial charge < -0.3 is 15.8 Å². The number of amides is 1. The van der Waals surface area contributed by atoms with Crippen molar-refractivity contribution in [3.05, 3.63) is 29.6 Å². The Labute approximate surface area is 113 Å². The van der Waals surface area contributed by atoms with Crippen molar-refractivity contribution in [2.45, 2.75) is 26.8 Å². The van der Waals surface area contributed by atoms with Crippen LogP contribution in [0.25, 0.3) is 0 Å². The molecule has 0 aliphatic rings. The maximum absolute atomic E-state index is 13.1. The summed E-state index contributed by atoms with van der Waals surface area (Å²) < 4.78 is 18.5. The molecule has 0 radical (unpaired) electrons. The first-order chi connectivity index (χ1) is 8.90. The van der Waals surface area contributed by atoms with E-state index in [4.69, 9.17) is 10.5 Å². The number of carbonyl (C=O) groups is 1. The van der Waals surface area contributed by atoms with Crippen LogP contribution in [0, 0.1) is 11.7 Å². The van der Waals surface area contributed by atoms with Gasteiger partial charge in [-0.15, -0.1) is 0 Å². The zero-order valence-electron chi connectivity index (χ0n) is 11.6. The van der Waals surface area contributed by atoms with Crippen LogP contribution in [0.4, 0.5) is 4.39 Å². The number of benzene rings is 1. The summed E-state index contributed by atoms with van der Waals surface area (Å²) in [6.45, 7) is 6.26. The molecule has 0 heterocycles. The van der Waals surface area contributed by atoms with Crippen LogP contribution in [0.1, 0.15) is 32.4 Å². The molecule has 0 aliphatic carbocycles. The van der Waals surface area contributed by atoms with Crippen LogP contribution in [0.2, 0.25) is 0 Å². The molecule has 5 heteroatoms. The van der Waals surface area contributed by atoms with Gasteiger partial charge in [-0.2, -0.15) is 0 Å². The van der Waals surface area contributed by atoms with E-state index >= 15 is 0 Å². The molecule has 0 unspecified atom stereocenters.